The summed E-state index contributed by atoms with van der Waals surface area (Å²) < 4.78 is 39.7. The smallest absolute Gasteiger partial charge is 0.298 e. The fourth-order valence-electron chi connectivity index (χ4n) is 2.54. The number of thiophene rings is 1. The summed E-state index contributed by atoms with van der Waals surface area (Å²) in [7, 11) is 1.41. The number of thiocarbonyl (C=S) groups is 1. The topological polar surface area (TPSA) is 67.2 Å². The molecule has 11 heteroatoms. The largest absolute Gasteiger partial charge is 0.435 e. The van der Waals surface area contributed by atoms with Crippen LogP contribution in [0.4, 0.5) is 13.2 Å². The lowest BCUT2D eigenvalue weighted by atomic mass is 10.1. The predicted molar refractivity (Wildman–Crippen MR) is 102 cm³/mol. The second kappa shape index (κ2) is 7.32. The number of carbonyl (C=O) groups is 2. The first kappa shape index (κ1) is 20.0. The molecule has 1 saturated heterocycles. The Labute approximate surface area is 166 Å². The van der Waals surface area contributed by atoms with Gasteiger partial charge < -0.3 is 0 Å². The van der Waals surface area contributed by atoms with Crippen LogP contribution in [0.3, 0.4) is 0 Å². The van der Waals surface area contributed by atoms with E-state index in [0.717, 1.165) is 22.1 Å². The standard InChI is InChI=1S/C17H13F3N4O2S2/c1-3-6-24-15(26)10(14(25)21-16(24)27)7-9-4-5-12(28-9)11-8-13(17(18,19)20)22-23(11)2/h3-5,7-8H,1,6H2,2H3,(H,21,25,27). The number of carbonyl (C=O) groups excluding carboxylic acids is 2. The lowest BCUT2D eigenvalue weighted by molar-refractivity contribution is -0.141. The minimum absolute atomic E-state index is 0.00603. The first-order valence-corrected chi connectivity index (χ1v) is 9.05. The highest BCUT2D eigenvalue weighted by atomic mass is 32.1. The number of halogens is 3. The van der Waals surface area contributed by atoms with Crippen LogP contribution in [0.15, 0.2) is 36.4 Å². The summed E-state index contributed by atoms with van der Waals surface area (Å²) in [6.45, 7) is 3.68. The Morgan fingerprint density at radius 2 is 2.07 bits per heavy atom. The maximum atomic E-state index is 12.8. The summed E-state index contributed by atoms with van der Waals surface area (Å²) in [6, 6.07) is 4.16. The third-order valence-electron chi connectivity index (χ3n) is 3.83. The minimum atomic E-state index is -4.54. The Hall–Kier alpha value is -2.79. The van der Waals surface area contributed by atoms with Crippen LogP contribution in [0.1, 0.15) is 10.6 Å². The van der Waals surface area contributed by atoms with E-state index in [1.54, 1.807) is 12.1 Å². The number of aryl methyl sites for hydroxylation is 1. The number of hydrogen-bond donors (Lipinski definition) is 1. The summed E-state index contributed by atoms with van der Waals surface area (Å²) in [5.74, 6) is -1.20. The van der Waals surface area contributed by atoms with Gasteiger partial charge in [-0.2, -0.15) is 18.3 Å². The monoisotopic (exact) mass is 426 g/mol. The number of rotatable bonds is 4. The summed E-state index contributed by atoms with van der Waals surface area (Å²) in [4.78, 5) is 26.9. The first-order valence-electron chi connectivity index (χ1n) is 7.83. The molecule has 146 valence electrons. The summed E-state index contributed by atoms with van der Waals surface area (Å²) in [5.41, 5.74) is -0.839. The van der Waals surface area contributed by atoms with Gasteiger partial charge in [-0.25, -0.2) is 0 Å². The molecular formula is C17H13F3N4O2S2. The van der Waals surface area contributed by atoms with Crippen molar-refractivity contribution in [2.75, 3.05) is 6.54 Å². The van der Waals surface area contributed by atoms with Crippen molar-refractivity contribution in [1.82, 2.24) is 20.0 Å². The van der Waals surface area contributed by atoms with Crippen LogP contribution in [-0.2, 0) is 22.8 Å². The highest BCUT2D eigenvalue weighted by Gasteiger charge is 2.35. The molecule has 0 spiro atoms. The van der Waals surface area contributed by atoms with E-state index >= 15 is 0 Å². The number of amides is 2. The van der Waals surface area contributed by atoms with Crippen molar-refractivity contribution in [3.63, 3.8) is 0 Å². The average Bonchev–Trinajstić information content (AvgIpc) is 3.21. The fourth-order valence-corrected chi connectivity index (χ4v) is 3.78. The van der Waals surface area contributed by atoms with Gasteiger partial charge in [-0.3, -0.25) is 24.5 Å². The van der Waals surface area contributed by atoms with Gasteiger partial charge in [0.05, 0.1) is 10.6 Å². The van der Waals surface area contributed by atoms with Crippen molar-refractivity contribution in [3.8, 4) is 10.6 Å². The van der Waals surface area contributed by atoms with Crippen LogP contribution in [0.5, 0.6) is 0 Å². The van der Waals surface area contributed by atoms with Crippen LogP contribution in [0.25, 0.3) is 16.6 Å². The molecule has 6 nitrogen and oxygen atoms in total. The van der Waals surface area contributed by atoms with E-state index in [0.29, 0.717) is 9.75 Å². The quantitative estimate of drug-likeness (QED) is 0.353. The van der Waals surface area contributed by atoms with Crippen molar-refractivity contribution < 1.29 is 22.8 Å². The normalized spacial score (nSPS) is 16.6. The van der Waals surface area contributed by atoms with E-state index in [1.807, 2.05) is 0 Å². The summed E-state index contributed by atoms with van der Waals surface area (Å²) in [5, 5.41) is 5.90. The van der Waals surface area contributed by atoms with E-state index < -0.39 is 23.7 Å². The number of hydrogen-bond acceptors (Lipinski definition) is 5. The highest BCUT2D eigenvalue weighted by Crippen LogP contribution is 2.34. The van der Waals surface area contributed by atoms with E-state index in [4.69, 9.17) is 12.2 Å². The SMILES string of the molecule is C=CCN1C(=O)C(=Cc2ccc(-c3cc(C(F)(F)F)nn3C)s2)C(=O)NC1=S. The van der Waals surface area contributed by atoms with Crippen LogP contribution in [0.2, 0.25) is 0 Å². The lowest BCUT2D eigenvalue weighted by Crippen LogP contribution is -2.53. The molecule has 0 aliphatic carbocycles. The van der Waals surface area contributed by atoms with Crippen molar-refractivity contribution in [1.29, 1.82) is 0 Å². The molecule has 0 unspecified atom stereocenters. The molecule has 1 aliphatic rings. The molecule has 2 aromatic rings. The van der Waals surface area contributed by atoms with Gasteiger partial charge in [-0.15, -0.1) is 17.9 Å². The third-order valence-corrected chi connectivity index (χ3v) is 5.21. The van der Waals surface area contributed by atoms with Gasteiger partial charge in [0.1, 0.15) is 5.57 Å². The molecule has 2 aromatic heterocycles. The zero-order valence-corrected chi connectivity index (χ0v) is 16.0. The van der Waals surface area contributed by atoms with Crippen LogP contribution in [-0.4, -0.2) is 38.2 Å². The van der Waals surface area contributed by atoms with Gasteiger partial charge in [-0.05, 0) is 36.5 Å². The number of nitrogens with zero attached hydrogens (tertiary/aromatic N) is 3. The van der Waals surface area contributed by atoms with E-state index in [9.17, 15) is 22.8 Å². The van der Waals surface area contributed by atoms with Gasteiger partial charge in [0, 0.05) is 18.5 Å². The molecule has 0 saturated carbocycles. The van der Waals surface area contributed by atoms with Gasteiger partial charge in [0.25, 0.3) is 11.8 Å². The molecule has 0 atom stereocenters. The summed E-state index contributed by atoms with van der Waals surface area (Å²) >= 11 is 6.11. The van der Waals surface area contributed by atoms with Crippen molar-refractivity contribution in [3.05, 3.63) is 47.0 Å². The van der Waals surface area contributed by atoms with E-state index in [-0.39, 0.29) is 22.9 Å². The molecule has 3 heterocycles. The zero-order chi connectivity index (χ0) is 20.6. The molecule has 1 N–H and O–H groups in total. The first-order chi connectivity index (χ1) is 13.1. The van der Waals surface area contributed by atoms with Crippen molar-refractivity contribution >= 4 is 46.6 Å². The van der Waals surface area contributed by atoms with Crippen LogP contribution >= 0.6 is 23.6 Å². The van der Waals surface area contributed by atoms with Crippen molar-refractivity contribution in [2.45, 2.75) is 6.18 Å². The number of alkyl halides is 3. The second-order valence-corrected chi connectivity index (χ2v) is 7.26. The molecule has 0 aromatic carbocycles. The third kappa shape index (κ3) is 3.76. The molecule has 0 radical (unpaired) electrons. The molecule has 2 amide bonds. The van der Waals surface area contributed by atoms with Gasteiger partial charge in [0.2, 0.25) is 0 Å². The highest BCUT2D eigenvalue weighted by molar-refractivity contribution is 7.80. The van der Waals surface area contributed by atoms with E-state index in [2.05, 4.69) is 17.0 Å². The van der Waals surface area contributed by atoms with Crippen molar-refractivity contribution in [2.24, 2.45) is 7.05 Å². The maximum absolute atomic E-state index is 12.8. The zero-order valence-electron chi connectivity index (χ0n) is 14.4. The molecular weight excluding hydrogens is 413 g/mol. The average molecular weight is 426 g/mol. The molecule has 1 fully saturated rings. The Morgan fingerprint density at radius 3 is 2.68 bits per heavy atom. The van der Waals surface area contributed by atoms with Gasteiger partial charge >= 0.3 is 6.18 Å². The predicted octanol–water partition coefficient (Wildman–Crippen LogP) is 2.98. The Bertz CT molecular complexity index is 1020. The lowest BCUT2D eigenvalue weighted by Gasteiger charge is -2.27. The Kier molecular flexibility index (Phi) is 5.22. The number of nitrogens with one attached hydrogen (secondary N) is 1. The van der Waals surface area contributed by atoms with Gasteiger partial charge in [-0.1, -0.05) is 6.08 Å². The molecule has 0 bridgehead atoms. The van der Waals surface area contributed by atoms with E-state index in [1.165, 1.54) is 24.1 Å². The molecule has 1 aliphatic heterocycles. The van der Waals surface area contributed by atoms with Gasteiger partial charge in [0.15, 0.2) is 10.8 Å². The maximum Gasteiger partial charge on any atom is 0.435 e. The Morgan fingerprint density at radius 1 is 1.36 bits per heavy atom. The second-order valence-electron chi connectivity index (χ2n) is 5.76. The van der Waals surface area contributed by atoms with Crippen LogP contribution in [0, 0.1) is 0 Å². The molecule has 28 heavy (non-hydrogen) atoms. The minimum Gasteiger partial charge on any atom is -0.298 e. The summed E-state index contributed by atoms with van der Waals surface area (Å²) in [6.07, 6.45) is -1.69. The number of aromatic nitrogens is 2. The Balaban J connectivity index is 1.93. The molecule has 3 rings (SSSR count). The van der Waals surface area contributed by atoms with Crippen LogP contribution < -0.4 is 5.32 Å². The fraction of sp³-hybridized carbons (Fsp3) is 0.176.